The molecule has 6 nitrogen and oxygen atoms in total. The Hall–Kier alpha value is -1.85. The molecule has 0 unspecified atom stereocenters. The number of ether oxygens (including phenoxy) is 1. The van der Waals surface area contributed by atoms with E-state index >= 15 is 0 Å². The molecule has 1 aliphatic carbocycles. The normalized spacial score (nSPS) is 17.2. The maximum Gasteiger partial charge on any atom is 0.303 e. The summed E-state index contributed by atoms with van der Waals surface area (Å²) in [6, 6.07) is 0. The van der Waals surface area contributed by atoms with Crippen molar-refractivity contribution < 1.29 is 14.6 Å². The quantitative estimate of drug-likeness (QED) is 0.804. The van der Waals surface area contributed by atoms with E-state index in [0.717, 1.165) is 25.7 Å². The largest absolute Gasteiger partial charge is 0.481 e. The van der Waals surface area contributed by atoms with Crippen molar-refractivity contribution in [2.75, 3.05) is 18.5 Å². The van der Waals surface area contributed by atoms with Gasteiger partial charge in [0.05, 0.1) is 25.4 Å². The van der Waals surface area contributed by atoms with Crippen LogP contribution < -0.4 is 10.1 Å². The molecule has 1 heterocycles. The van der Waals surface area contributed by atoms with Crippen LogP contribution in [0.25, 0.3) is 0 Å². The highest BCUT2D eigenvalue weighted by Crippen LogP contribution is 2.39. The zero-order chi connectivity index (χ0) is 15.1. The second-order valence-electron chi connectivity index (χ2n) is 5.66. The number of nitrogens with one attached hydrogen (secondary N) is 1. The molecule has 1 aromatic heterocycles. The van der Waals surface area contributed by atoms with E-state index < -0.39 is 5.97 Å². The Morgan fingerprint density at radius 3 is 2.81 bits per heavy atom. The van der Waals surface area contributed by atoms with Gasteiger partial charge in [-0.05, 0) is 25.2 Å². The predicted molar refractivity (Wildman–Crippen MR) is 79.5 cm³/mol. The minimum atomic E-state index is -0.729. The van der Waals surface area contributed by atoms with Gasteiger partial charge in [-0.15, -0.1) is 0 Å². The monoisotopic (exact) mass is 293 g/mol. The lowest BCUT2D eigenvalue weighted by Crippen LogP contribution is -2.34. The number of carboxylic acid groups (broad SMARTS) is 1. The van der Waals surface area contributed by atoms with Crippen LogP contribution in [0.2, 0.25) is 0 Å². The van der Waals surface area contributed by atoms with Crippen molar-refractivity contribution in [3.8, 4) is 5.88 Å². The molecule has 1 aromatic rings. The van der Waals surface area contributed by atoms with Gasteiger partial charge in [-0.1, -0.05) is 19.3 Å². The molecule has 2 N–H and O–H groups in total. The van der Waals surface area contributed by atoms with Crippen molar-refractivity contribution in [1.82, 2.24) is 9.97 Å². The van der Waals surface area contributed by atoms with Gasteiger partial charge < -0.3 is 15.2 Å². The number of nitrogens with zero attached hydrogens (tertiary/aromatic N) is 2. The molecule has 21 heavy (non-hydrogen) atoms. The molecule has 6 heteroatoms. The van der Waals surface area contributed by atoms with Crippen molar-refractivity contribution in [2.24, 2.45) is 5.41 Å². The molecule has 0 spiro atoms. The van der Waals surface area contributed by atoms with E-state index in [4.69, 9.17) is 9.84 Å². The average molecular weight is 293 g/mol. The topological polar surface area (TPSA) is 84.3 Å². The van der Waals surface area contributed by atoms with Crippen molar-refractivity contribution >= 4 is 11.8 Å². The third-order valence-corrected chi connectivity index (χ3v) is 3.99. The van der Waals surface area contributed by atoms with Crippen LogP contribution in [-0.2, 0) is 4.79 Å². The van der Waals surface area contributed by atoms with Gasteiger partial charge >= 0.3 is 5.97 Å². The summed E-state index contributed by atoms with van der Waals surface area (Å²) in [4.78, 5) is 19.5. The highest BCUT2D eigenvalue weighted by atomic mass is 16.5. The number of carbonyl (C=O) groups is 1. The van der Waals surface area contributed by atoms with E-state index in [9.17, 15) is 4.79 Å². The Kier molecular flexibility index (Phi) is 5.36. The van der Waals surface area contributed by atoms with Crippen LogP contribution in [0.1, 0.15) is 45.4 Å². The van der Waals surface area contributed by atoms with Crippen molar-refractivity contribution in [1.29, 1.82) is 0 Å². The van der Waals surface area contributed by atoms with E-state index in [1.54, 1.807) is 12.4 Å². The third-order valence-electron chi connectivity index (χ3n) is 3.99. The summed E-state index contributed by atoms with van der Waals surface area (Å²) in [7, 11) is 0. The number of aromatic nitrogens is 2. The van der Waals surface area contributed by atoms with Crippen LogP contribution in [-0.4, -0.2) is 34.2 Å². The predicted octanol–water partition coefficient (Wildman–Crippen LogP) is 2.71. The molecule has 0 aliphatic heterocycles. The molecule has 1 fully saturated rings. The van der Waals surface area contributed by atoms with Crippen molar-refractivity contribution in [2.45, 2.75) is 45.4 Å². The fourth-order valence-corrected chi connectivity index (χ4v) is 2.97. The van der Waals surface area contributed by atoms with Crippen molar-refractivity contribution in [3.63, 3.8) is 0 Å². The summed E-state index contributed by atoms with van der Waals surface area (Å²) in [5, 5.41) is 12.4. The Bertz CT molecular complexity index is 473. The molecule has 0 radical (unpaired) electrons. The molecule has 116 valence electrons. The Morgan fingerprint density at radius 1 is 1.38 bits per heavy atom. The summed E-state index contributed by atoms with van der Waals surface area (Å²) in [6.45, 7) is 3.05. The van der Waals surface area contributed by atoms with Gasteiger partial charge in [-0.25, -0.2) is 0 Å². The van der Waals surface area contributed by atoms with E-state index in [1.165, 1.54) is 6.42 Å². The van der Waals surface area contributed by atoms with Gasteiger partial charge in [0.25, 0.3) is 0 Å². The molecule has 0 bridgehead atoms. The molecule has 0 amide bonds. The fourth-order valence-electron chi connectivity index (χ4n) is 2.97. The fraction of sp³-hybridized carbons (Fsp3) is 0.667. The Morgan fingerprint density at radius 2 is 2.14 bits per heavy atom. The van der Waals surface area contributed by atoms with Crippen LogP contribution in [0.15, 0.2) is 12.4 Å². The minimum Gasteiger partial charge on any atom is -0.481 e. The Labute approximate surface area is 124 Å². The SMILES string of the molecule is CCOc1cncc(NCC2(CC(=O)O)CCCCC2)n1. The van der Waals surface area contributed by atoms with E-state index in [2.05, 4.69) is 15.3 Å². The summed E-state index contributed by atoms with van der Waals surface area (Å²) in [6.07, 6.45) is 8.71. The maximum atomic E-state index is 11.1. The van der Waals surface area contributed by atoms with Crippen LogP contribution in [0.5, 0.6) is 5.88 Å². The van der Waals surface area contributed by atoms with Crippen LogP contribution in [0.3, 0.4) is 0 Å². The number of rotatable bonds is 7. The lowest BCUT2D eigenvalue weighted by atomic mass is 9.72. The highest BCUT2D eigenvalue weighted by molar-refractivity contribution is 5.67. The first-order valence-electron chi connectivity index (χ1n) is 7.54. The van der Waals surface area contributed by atoms with Gasteiger partial charge in [0.15, 0.2) is 0 Å². The summed E-state index contributed by atoms with van der Waals surface area (Å²) in [5.41, 5.74) is -0.173. The van der Waals surface area contributed by atoms with E-state index in [0.29, 0.717) is 24.8 Å². The minimum absolute atomic E-state index is 0.173. The molecule has 1 saturated carbocycles. The van der Waals surface area contributed by atoms with E-state index in [1.807, 2.05) is 6.92 Å². The van der Waals surface area contributed by atoms with Gasteiger partial charge in [0.1, 0.15) is 5.82 Å². The molecule has 0 aromatic carbocycles. The second-order valence-corrected chi connectivity index (χ2v) is 5.66. The van der Waals surface area contributed by atoms with Gasteiger partial charge in [0.2, 0.25) is 5.88 Å². The van der Waals surface area contributed by atoms with E-state index in [-0.39, 0.29) is 11.8 Å². The maximum absolute atomic E-state index is 11.1. The third kappa shape index (κ3) is 4.58. The summed E-state index contributed by atoms with van der Waals surface area (Å²) in [5.74, 6) is 0.391. The van der Waals surface area contributed by atoms with Crippen LogP contribution in [0.4, 0.5) is 5.82 Å². The standard InChI is InChI=1S/C15H23N3O3/c1-2-21-13-10-16-9-12(18-13)17-11-15(8-14(19)20)6-4-3-5-7-15/h9-10H,2-8,11H2,1H3,(H,17,18)(H,19,20). The van der Waals surface area contributed by atoms with Gasteiger partial charge in [-0.2, -0.15) is 4.98 Å². The summed E-state index contributed by atoms with van der Waals surface area (Å²) >= 11 is 0. The first kappa shape index (κ1) is 15.5. The lowest BCUT2D eigenvalue weighted by Gasteiger charge is -2.36. The van der Waals surface area contributed by atoms with Gasteiger partial charge in [-0.3, -0.25) is 9.78 Å². The molecule has 0 saturated heterocycles. The molecule has 1 aliphatic rings. The highest BCUT2D eigenvalue weighted by Gasteiger charge is 2.34. The number of carboxylic acids is 1. The van der Waals surface area contributed by atoms with Gasteiger partial charge in [0, 0.05) is 6.54 Å². The summed E-state index contributed by atoms with van der Waals surface area (Å²) < 4.78 is 5.32. The Balaban J connectivity index is 2.00. The average Bonchev–Trinajstić information content (AvgIpc) is 2.46. The molecule has 0 atom stereocenters. The first-order chi connectivity index (χ1) is 10.1. The van der Waals surface area contributed by atoms with Crippen LogP contribution in [0, 0.1) is 5.41 Å². The first-order valence-corrected chi connectivity index (χ1v) is 7.54. The van der Waals surface area contributed by atoms with Crippen molar-refractivity contribution in [3.05, 3.63) is 12.4 Å². The second kappa shape index (κ2) is 7.24. The molecular weight excluding hydrogens is 270 g/mol. The molecular formula is C15H23N3O3. The number of anilines is 1. The smallest absolute Gasteiger partial charge is 0.303 e. The number of hydrogen-bond acceptors (Lipinski definition) is 5. The number of aliphatic carboxylic acids is 1. The zero-order valence-corrected chi connectivity index (χ0v) is 12.5. The lowest BCUT2D eigenvalue weighted by molar-refractivity contribution is -0.140. The molecule has 2 rings (SSSR count). The zero-order valence-electron chi connectivity index (χ0n) is 12.5. The number of hydrogen-bond donors (Lipinski definition) is 2. The van der Waals surface area contributed by atoms with Crippen LogP contribution >= 0.6 is 0 Å².